The lowest BCUT2D eigenvalue weighted by molar-refractivity contribution is -0.116. The third-order valence-electron chi connectivity index (χ3n) is 3.12. The summed E-state index contributed by atoms with van der Waals surface area (Å²) in [6.45, 7) is 0. The van der Waals surface area contributed by atoms with Gasteiger partial charge in [-0.1, -0.05) is 30.3 Å². The summed E-state index contributed by atoms with van der Waals surface area (Å²) in [6, 6.07) is 15.2. The number of methoxy groups -OCH3 is 2. The van der Waals surface area contributed by atoms with Gasteiger partial charge in [0, 0.05) is 30.3 Å². The second kappa shape index (κ2) is 7.33. The van der Waals surface area contributed by atoms with Crippen molar-refractivity contribution >= 4 is 11.6 Å². The van der Waals surface area contributed by atoms with E-state index in [2.05, 4.69) is 5.32 Å². The second-order valence-corrected chi connectivity index (χ2v) is 4.64. The predicted molar refractivity (Wildman–Crippen MR) is 82.9 cm³/mol. The molecule has 0 aliphatic carbocycles. The van der Waals surface area contributed by atoms with Crippen LogP contribution >= 0.6 is 0 Å². The van der Waals surface area contributed by atoms with E-state index in [0.717, 1.165) is 5.56 Å². The Morgan fingerprint density at radius 3 is 2.19 bits per heavy atom. The van der Waals surface area contributed by atoms with Gasteiger partial charge in [-0.05, 0) is 12.0 Å². The van der Waals surface area contributed by atoms with Crippen molar-refractivity contribution in [1.82, 2.24) is 0 Å². The molecule has 0 saturated carbocycles. The fourth-order valence-electron chi connectivity index (χ4n) is 2.01. The Labute approximate surface area is 124 Å². The highest BCUT2D eigenvalue weighted by atomic mass is 16.5. The van der Waals surface area contributed by atoms with E-state index in [9.17, 15) is 4.79 Å². The maximum Gasteiger partial charge on any atom is 0.224 e. The summed E-state index contributed by atoms with van der Waals surface area (Å²) in [5.41, 5.74) is 1.82. The van der Waals surface area contributed by atoms with Crippen molar-refractivity contribution in [3.63, 3.8) is 0 Å². The monoisotopic (exact) mass is 285 g/mol. The van der Waals surface area contributed by atoms with Crippen LogP contribution in [0, 0.1) is 0 Å². The minimum atomic E-state index is -0.0332. The lowest BCUT2D eigenvalue weighted by Gasteiger charge is -2.10. The minimum absolute atomic E-state index is 0.0332. The van der Waals surface area contributed by atoms with E-state index in [-0.39, 0.29) is 5.91 Å². The minimum Gasteiger partial charge on any atom is -0.497 e. The van der Waals surface area contributed by atoms with Crippen LogP contribution in [-0.2, 0) is 11.2 Å². The molecule has 2 aromatic rings. The summed E-state index contributed by atoms with van der Waals surface area (Å²) >= 11 is 0. The van der Waals surface area contributed by atoms with Gasteiger partial charge in [0.1, 0.15) is 11.5 Å². The van der Waals surface area contributed by atoms with Gasteiger partial charge < -0.3 is 14.8 Å². The predicted octanol–water partition coefficient (Wildman–Crippen LogP) is 3.28. The van der Waals surface area contributed by atoms with Crippen LogP contribution in [0.2, 0.25) is 0 Å². The molecule has 0 saturated heterocycles. The van der Waals surface area contributed by atoms with E-state index in [4.69, 9.17) is 9.47 Å². The number of carbonyl (C=O) groups is 1. The van der Waals surface area contributed by atoms with E-state index in [1.165, 1.54) is 0 Å². The largest absolute Gasteiger partial charge is 0.497 e. The molecule has 0 heterocycles. The molecule has 0 atom stereocenters. The Morgan fingerprint density at radius 1 is 1.00 bits per heavy atom. The highest BCUT2D eigenvalue weighted by Gasteiger charge is 2.06. The van der Waals surface area contributed by atoms with Crippen LogP contribution in [-0.4, -0.2) is 20.1 Å². The van der Waals surface area contributed by atoms with Gasteiger partial charge in [0.05, 0.1) is 14.2 Å². The topological polar surface area (TPSA) is 47.6 Å². The van der Waals surface area contributed by atoms with Crippen molar-refractivity contribution in [1.29, 1.82) is 0 Å². The van der Waals surface area contributed by atoms with Crippen LogP contribution in [0.15, 0.2) is 48.5 Å². The van der Waals surface area contributed by atoms with Gasteiger partial charge in [-0.15, -0.1) is 0 Å². The first-order valence-electron chi connectivity index (χ1n) is 6.78. The first kappa shape index (κ1) is 14.9. The highest BCUT2D eigenvalue weighted by Crippen LogP contribution is 2.25. The smallest absolute Gasteiger partial charge is 0.224 e. The zero-order chi connectivity index (χ0) is 15.1. The molecular formula is C17H19NO3. The van der Waals surface area contributed by atoms with E-state index in [0.29, 0.717) is 30.0 Å². The lowest BCUT2D eigenvalue weighted by Crippen LogP contribution is -2.12. The number of aryl methyl sites for hydroxylation is 1. The van der Waals surface area contributed by atoms with Gasteiger partial charge in [0.2, 0.25) is 5.91 Å². The standard InChI is InChI=1S/C17H19NO3/c1-20-15-10-14(11-16(12-15)21-2)18-17(19)9-8-13-6-4-3-5-7-13/h3-7,10-12H,8-9H2,1-2H3,(H,18,19). The Hall–Kier alpha value is -2.49. The molecule has 0 spiro atoms. The fraction of sp³-hybridized carbons (Fsp3) is 0.235. The van der Waals surface area contributed by atoms with Crippen LogP contribution in [0.1, 0.15) is 12.0 Å². The summed E-state index contributed by atoms with van der Waals surface area (Å²) in [7, 11) is 3.16. The summed E-state index contributed by atoms with van der Waals surface area (Å²) in [4.78, 5) is 12.0. The number of ether oxygens (including phenoxy) is 2. The highest BCUT2D eigenvalue weighted by molar-refractivity contribution is 5.91. The molecule has 2 rings (SSSR count). The van der Waals surface area contributed by atoms with Crippen LogP contribution in [0.25, 0.3) is 0 Å². The first-order chi connectivity index (χ1) is 10.2. The van der Waals surface area contributed by atoms with Gasteiger partial charge >= 0.3 is 0 Å². The SMILES string of the molecule is COc1cc(NC(=O)CCc2ccccc2)cc(OC)c1. The Morgan fingerprint density at radius 2 is 1.62 bits per heavy atom. The molecule has 21 heavy (non-hydrogen) atoms. The number of rotatable bonds is 6. The Balaban J connectivity index is 1.96. The van der Waals surface area contributed by atoms with Crippen LogP contribution < -0.4 is 14.8 Å². The Bertz CT molecular complexity index is 574. The van der Waals surface area contributed by atoms with Crippen molar-refractivity contribution in [2.75, 3.05) is 19.5 Å². The van der Waals surface area contributed by atoms with E-state index >= 15 is 0 Å². The summed E-state index contributed by atoms with van der Waals surface area (Å²) in [6.07, 6.45) is 1.15. The fourth-order valence-corrected chi connectivity index (χ4v) is 2.01. The number of amides is 1. The van der Waals surface area contributed by atoms with E-state index in [1.54, 1.807) is 32.4 Å². The molecule has 0 unspecified atom stereocenters. The zero-order valence-corrected chi connectivity index (χ0v) is 12.3. The van der Waals surface area contributed by atoms with E-state index in [1.807, 2.05) is 30.3 Å². The van der Waals surface area contributed by atoms with Crippen LogP contribution in [0.3, 0.4) is 0 Å². The number of anilines is 1. The summed E-state index contributed by atoms with van der Waals surface area (Å²) in [5.74, 6) is 1.26. The molecule has 110 valence electrons. The van der Waals surface area contributed by atoms with E-state index < -0.39 is 0 Å². The first-order valence-corrected chi connectivity index (χ1v) is 6.78. The van der Waals surface area contributed by atoms with Crippen molar-refractivity contribution in [3.05, 3.63) is 54.1 Å². The number of hydrogen-bond donors (Lipinski definition) is 1. The second-order valence-electron chi connectivity index (χ2n) is 4.64. The molecule has 0 aliphatic rings. The van der Waals surface area contributed by atoms with Gasteiger partial charge in [-0.2, -0.15) is 0 Å². The molecule has 0 fully saturated rings. The van der Waals surface area contributed by atoms with Gasteiger partial charge in [-0.3, -0.25) is 4.79 Å². The lowest BCUT2D eigenvalue weighted by atomic mass is 10.1. The quantitative estimate of drug-likeness (QED) is 0.886. The van der Waals surface area contributed by atoms with Crippen LogP contribution in [0.4, 0.5) is 5.69 Å². The zero-order valence-electron chi connectivity index (χ0n) is 12.3. The van der Waals surface area contributed by atoms with Crippen LogP contribution in [0.5, 0.6) is 11.5 Å². The number of benzene rings is 2. The normalized spacial score (nSPS) is 10.0. The molecule has 0 aromatic heterocycles. The molecule has 2 aromatic carbocycles. The third kappa shape index (κ3) is 4.53. The molecular weight excluding hydrogens is 266 g/mol. The third-order valence-corrected chi connectivity index (χ3v) is 3.12. The van der Waals surface area contributed by atoms with Crippen molar-refractivity contribution in [2.24, 2.45) is 0 Å². The molecule has 4 nitrogen and oxygen atoms in total. The summed E-state index contributed by atoms with van der Waals surface area (Å²) < 4.78 is 10.4. The molecule has 1 amide bonds. The summed E-state index contributed by atoms with van der Waals surface area (Å²) in [5, 5.41) is 2.86. The molecule has 4 heteroatoms. The molecule has 0 bridgehead atoms. The number of nitrogens with one attached hydrogen (secondary N) is 1. The maximum absolute atomic E-state index is 12.0. The van der Waals surface area contributed by atoms with Gasteiger partial charge in [0.25, 0.3) is 0 Å². The molecule has 0 aliphatic heterocycles. The number of carbonyl (C=O) groups excluding carboxylic acids is 1. The molecule has 0 radical (unpaired) electrons. The van der Waals surface area contributed by atoms with Crippen molar-refractivity contribution in [3.8, 4) is 11.5 Å². The van der Waals surface area contributed by atoms with Gasteiger partial charge in [0.15, 0.2) is 0 Å². The maximum atomic E-state index is 12.0. The van der Waals surface area contributed by atoms with Crippen molar-refractivity contribution < 1.29 is 14.3 Å². The molecule has 1 N–H and O–H groups in total. The average Bonchev–Trinajstić information content (AvgIpc) is 2.53. The average molecular weight is 285 g/mol. The Kier molecular flexibility index (Phi) is 5.21. The van der Waals surface area contributed by atoms with Gasteiger partial charge in [-0.25, -0.2) is 0 Å². The number of hydrogen-bond acceptors (Lipinski definition) is 3. The van der Waals surface area contributed by atoms with Crippen molar-refractivity contribution in [2.45, 2.75) is 12.8 Å².